The number of alkyl halides is 3. The highest BCUT2D eigenvalue weighted by molar-refractivity contribution is 5.92. The van der Waals surface area contributed by atoms with Gasteiger partial charge in [0.25, 0.3) is 0 Å². The minimum atomic E-state index is -4.72. The molecule has 170 valence electrons. The van der Waals surface area contributed by atoms with E-state index in [0.717, 1.165) is 37.8 Å². The first-order chi connectivity index (χ1) is 15.4. The number of aliphatic hydroxyl groups is 1. The molecule has 1 saturated heterocycles. The van der Waals surface area contributed by atoms with Crippen molar-refractivity contribution in [3.63, 3.8) is 0 Å². The molecule has 0 spiro atoms. The lowest BCUT2D eigenvalue weighted by molar-refractivity contribution is -0.703. The van der Waals surface area contributed by atoms with Gasteiger partial charge in [-0.2, -0.15) is 13.2 Å². The second-order valence-corrected chi connectivity index (χ2v) is 8.96. The third kappa shape index (κ3) is 4.19. The summed E-state index contributed by atoms with van der Waals surface area (Å²) in [6.45, 7) is 2.90. The summed E-state index contributed by atoms with van der Waals surface area (Å²) in [5.41, 5.74) is 3.19. The van der Waals surface area contributed by atoms with Gasteiger partial charge < -0.3 is 15.3 Å². The highest BCUT2D eigenvalue weighted by atomic mass is 19.4. The van der Waals surface area contributed by atoms with Gasteiger partial charge in [-0.05, 0) is 70.9 Å². The summed E-state index contributed by atoms with van der Waals surface area (Å²) < 4.78 is 43.9. The zero-order valence-corrected chi connectivity index (χ0v) is 17.6. The predicted molar refractivity (Wildman–Crippen MR) is 113 cm³/mol. The zero-order valence-electron chi connectivity index (χ0n) is 17.6. The Labute approximate surface area is 183 Å². The molecular formula is C23H26F3N4O2+. The van der Waals surface area contributed by atoms with Gasteiger partial charge in [0.15, 0.2) is 11.6 Å². The molecule has 2 heterocycles. The Bertz CT molecular complexity index is 1100. The second kappa shape index (κ2) is 8.37. The molecule has 1 aromatic heterocycles. The fraction of sp³-hybridized carbons (Fsp3) is 0.478. The van der Waals surface area contributed by atoms with Crippen molar-refractivity contribution in [3.8, 4) is 11.1 Å². The quantitative estimate of drug-likeness (QED) is 0.605. The van der Waals surface area contributed by atoms with E-state index in [0.29, 0.717) is 28.1 Å². The Morgan fingerprint density at radius 2 is 1.97 bits per heavy atom. The number of quaternary nitrogens is 1. The molecule has 1 aliphatic carbocycles. The van der Waals surface area contributed by atoms with Crippen molar-refractivity contribution in [1.29, 1.82) is 0 Å². The van der Waals surface area contributed by atoms with Crippen LogP contribution < -0.4 is 10.2 Å². The van der Waals surface area contributed by atoms with Crippen LogP contribution >= 0.6 is 0 Å². The van der Waals surface area contributed by atoms with Gasteiger partial charge >= 0.3 is 6.18 Å². The van der Waals surface area contributed by atoms with Crippen molar-refractivity contribution in [2.24, 2.45) is 5.92 Å². The SMILES string of the molecule is OC(c1cccc(-c2cc(N3CC[C@@H](C[NH2+]C4CCC4)C3)c3nonc3c2)c1)C(F)(F)F. The molecule has 32 heavy (non-hydrogen) atoms. The average molecular weight is 447 g/mol. The van der Waals surface area contributed by atoms with Crippen LogP contribution in [0.25, 0.3) is 22.2 Å². The van der Waals surface area contributed by atoms with Gasteiger partial charge in [-0.25, -0.2) is 4.63 Å². The monoisotopic (exact) mass is 447 g/mol. The predicted octanol–water partition coefficient (Wildman–Crippen LogP) is 3.43. The lowest BCUT2D eigenvalue weighted by Gasteiger charge is -2.25. The lowest BCUT2D eigenvalue weighted by Crippen LogP contribution is -2.92. The van der Waals surface area contributed by atoms with Crippen LogP contribution in [-0.2, 0) is 0 Å². The van der Waals surface area contributed by atoms with Gasteiger partial charge in [0.2, 0.25) is 0 Å². The zero-order chi connectivity index (χ0) is 22.3. The molecule has 1 unspecified atom stereocenters. The van der Waals surface area contributed by atoms with Crippen LogP contribution in [0.15, 0.2) is 41.0 Å². The molecule has 0 radical (unpaired) electrons. The lowest BCUT2D eigenvalue weighted by atomic mass is 9.92. The van der Waals surface area contributed by atoms with Crippen molar-refractivity contribution >= 4 is 16.7 Å². The molecule has 1 aliphatic heterocycles. The first-order valence-electron chi connectivity index (χ1n) is 11.1. The fourth-order valence-electron chi connectivity index (χ4n) is 4.66. The number of anilines is 1. The summed E-state index contributed by atoms with van der Waals surface area (Å²) in [5, 5.41) is 20.2. The summed E-state index contributed by atoms with van der Waals surface area (Å²) >= 11 is 0. The Balaban J connectivity index is 1.42. The van der Waals surface area contributed by atoms with E-state index in [1.54, 1.807) is 12.1 Å². The van der Waals surface area contributed by atoms with Crippen LogP contribution in [0.4, 0.5) is 18.9 Å². The third-order valence-corrected chi connectivity index (χ3v) is 6.77. The molecular weight excluding hydrogens is 421 g/mol. The van der Waals surface area contributed by atoms with Gasteiger partial charge in [-0.3, -0.25) is 0 Å². The average Bonchev–Trinajstić information content (AvgIpc) is 3.40. The molecule has 0 amide bonds. The van der Waals surface area contributed by atoms with Crippen molar-refractivity contribution in [2.45, 2.75) is 44.0 Å². The summed E-state index contributed by atoms with van der Waals surface area (Å²) in [6.07, 6.45) is -2.19. The van der Waals surface area contributed by atoms with Crippen molar-refractivity contribution < 1.29 is 28.2 Å². The number of hydrogen-bond acceptors (Lipinski definition) is 5. The fourth-order valence-corrected chi connectivity index (χ4v) is 4.66. The number of hydrogen-bond donors (Lipinski definition) is 2. The first-order valence-corrected chi connectivity index (χ1v) is 11.1. The van der Waals surface area contributed by atoms with E-state index in [4.69, 9.17) is 4.63 Å². The molecule has 5 rings (SSSR count). The molecule has 2 atom stereocenters. The number of halogens is 3. The molecule has 2 fully saturated rings. The van der Waals surface area contributed by atoms with E-state index in [-0.39, 0.29) is 5.56 Å². The number of aliphatic hydroxyl groups excluding tert-OH is 1. The molecule has 3 aromatic rings. The number of nitrogens with two attached hydrogens (primary N) is 1. The van der Waals surface area contributed by atoms with Gasteiger partial charge in [-0.1, -0.05) is 18.2 Å². The number of benzene rings is 2. The maximum Gasteiger partial charge on any atom is 0.418 e. The van der Waals surface area contributed by atoms with Crippen LogP contribution in [-0.4, -0.2) is 47.3 Å². The Kier molecular flexibility index (Phi) is 5.54. The largest absolute Gasteiger partial charge is 0.418 e. The molecule has 0 bridgehead atoms. The summed E-state index contributed by atoms with van der Waals surface area (Å²) in [6, 6.07) is 10.4. The van der Waals surface area contributed by atoms with Crippen LogP contribution in [0, 0.1) is 5.92 Å². The standard InChI is InChI=1S/C23H25F3N4O2/c24-23(25,26)22(31)16-4-1-3-15(9-16)17-10-19-21(29-32-28-19)20(11-17)30-8-7-14(13-30)12-27-18-5-2-6-18/h1,3-4,9-11,14,18,22,27,31H,2,5-8,12-13H2/p+1/t14-,22?/m0/s1. The van der Waals surface area contributed by atoms with E-state index in [1.165, 1.54) is 37.5 Å². The maximum absolute atomic E-state index is 13.0. The highest BCUT2D eigenvalue weighted by Gasteiger charge is 2.39. The smallest absolute Gasteiger partial charge is 0.379 e. The number of fused-ring (bicyclic) bond motifs is 1. The second-order valence-electron chi connectivity index (χ2n) is 8.96. The molecule has 3 N–H and O–H groups in total. The van der Waals surface area contributed by atoms with Gasteiger partial charge in [-0.15, -0.1) is 0 Å². The molecule has 9 heteroatoms. The Hall–Kier alpha value is -2.65. The number of nitrogens with zero attached hydrogens (tertiary/aromatic N) is 3. The summed E-state index contributed by atoms with van der Waals surface area (Å²) in [4.78, 5) is 2.27. The van der Waals surface area contributed by atoms with E-state index >= 15 is 0 Å². The first kappa shape index (κ1) is 21.2. The van der Waals surface area contributed by atoms with E-state index in [1.807, 2.05) is 6.07 Å². The molecule has 6 nitrogen and oxygen atoms in total. The Morgan fingerprint density at radius 3 is 2.72 bits per heavy atom. The molecule has 2 aliphatic rings. The van der Waals surface area contributed by atoms with E-state index < -0.39 is 12.3 Å². The highest BCUT2D eigenvalue weighted by Crippen LogP contribution is 2.37. The van der Waals surface area contributed by atoms with Gasteiger partial charge in [0.1, 0.15) is 5.52 Å². The van der Waals surface area contributed by atoms with Crippen molar-refractivity contribution in [3.05, 3.63) is 42.0 Å². The van der Waals surface area contributed by atoms with Crippen LogP contribution in [0.2, 0.25) is 0 Å². The van der Waals surface area contributed by atoms with Gasteiger partial charge in [0, 0.05) is 19.0 Å². The minimum Gasteiger partial charge on any atom is -0.379 e. The summed E-state index contributed by atoms with van der Waals surface area (Å²) in [7, 11) is 0. The number of rotatable bonds is 6. The maximum atomic E-state index is 13.0. The van der Waals surface area contributed by atoms with Crippen LogP contribution in [0.1, 0.15) is 37.4 Å². The van der Waals surface area contributed by atoms with E-state index in [2.05, 4.69) is 20.5 Å². The molecule has 1 saturated carbocycles. The minimum absolute atomic E-state index is 0.192. The van der Waals surface area contributed by atoms with Crippen LogP contribution in [0.3, 0.4) is 0 Å². The molecule has 2 aromatic carbocycles. The summed E-state index contributed by atoms with van der Waals surface area (Å²) in [5.74, 6) is 0.583. The van der Waals surface area contributed by atoms with Crippen molar-refractivity contribution in [2.75, 3.05) is 24.5 Å². The third-order valence-electron chi connectivity index (χ3n) is 6.77. The normalized spacial score (nSPS) is 20.6. The Morgan fingerprint density at radius 1 is 1.12 bits per heavy atom. The number of aromatic nitrogens is 2. The topological polar surface area (TPSA) is 79.0 Å². The van der Waals surface area contributed by atoms with Crippen molar-refractivity contribution in [1.82, 2.24) is 10.3 Å². The van der Waals surface area contributed by atoms with Crippen LogP contribution in [0.5, 0.6) is 0 Å². The van der Waals surface area contributed by atoms with Gasteiger partial charge in [0.05, 0.1) is 18.3 Å². The van der Waals surface area contributed by atoms with E-state index in [9.17, 15) is 18.3 Å².